The first-order chi connectivity index (χ1) is 9.50. The molecule has 0 amide bonds. The number of Topliss-reactive ketones (excluding diaryl/α,β-unsaturated/α-hetero) is 1. The number of para-hydroxylation sites is 1. The summed E-state index contributed by atoms with van der Waals surface area (Å²) in [5.41, 5.74) is 2.33. The highest BCUT2D eigenvalue weighted by atomic mass is 16.5. The average Bonchev–Trinajstić information content (AvgIpc) is 2.78. The van der Waals surface area contributed by atoms with Gasteiger partial charge in [-0.15, -0.1) is 0 Å². The minimum absolute atomic E-state index is 0.00124. The zero-order valence-electron chi connectivity index (χ0n) is 12.4. The van der Waals surface area contributed by atoms with E-state index in [4.69, 9.17) is 4.74 Å². The Morgan fingerprint density at radius 1 is 1.30 bits per heavy atom. The van der Waals surface area contributed by atoms with Crippen molar-refractivity contribution in [3.05, 3.63) is 36.2 Å². The fourth-order valence-electron chi connectivity index (χ4n) is 2.12. The molecular formula is C16H20N2O2. The van der Waals surface area contributed by atoms with E-state index in [-0.39, 0.29) is 5.78 Å². The molecule has 0 fully saturated rings. The van der Waals surface area contributed by atoms with Crippen LogP contribution in [0.2, 0.25) is 0 Å². The van der Waals surface area contributed by atoms with Crippen LogP contribution in [0.25, 0.3) is 11.1 Å². The third kappa shape index (κ3) is 2.90. The van der Waals surface area contributed by atoms with Crippen LogP contribution in [0.4, 0.5) is 0 Å². The largest absolute Gasteiger partial charge is 0.493 e. The number of aryl methyl sites for hydroxylation is 1. The number of hydrogen-bond donors (Lipinski definition) is 0. The molecule has 0 radical (unpaired) electrons. The molecule has 0 saturated heterocycles. The number of hydrogen-bond acceptors (Lipinski definition) is 3. The van der Waals surface area contributed by atoms with Crippen molar-refractivity contribution >= 4 is 5.78 Å². The lowest BCUT2D eigenvalue weighted by Gasteiger charge is -2.13. The van der Waals surface area contributed by atoms with Gasteiger partial charge in [0.05, 0.1) is 12.8 Å². The van der Waals surface area contributed by atoms with Gasteiger partial charge in [-0.2, -0.15) is 5.10 Å². The second kappa shape index (κ2) is 5.90. The molecule has 0 N–H and O–H groups in total. The lowest BCUT2D eigenvalue weighted by molar-refractivity contribution is 0.100. The molecule has 1 heterocycles. The van der Waals surface area contributed by atoms with Gasteiger partial charge in [0.15, 0.2) is 5.78 Å². The van der Waals surface area contributed by atoms with Crippen LogP contribution in [0.1, 0.15) is 31.3 Å². The van der Waals surface area contributed by atoms with Crippen LogP contribution >= 0.6 is 0 Å². The minimum atomic E-state index is -0.00124. The van der Waals surface area contributed by atoms with Crippen molar-refractivity contribution in [2.45, 2.75) is 20.8 Å². The molecule has 0 unspecified atom stereocenters. The van der Waals surface area contributed by atoms with Gasteiger partial charge in [0.25, 0.3) is 0 Å². The van der Waals surface area contributed by atoms with E-state index < -0.39 is 0 Å². The first-order valence-corrected chi connectivity index (χ1v) is 6.75. The number of benzene rings is 1. The summed E-state index contributed by atoms with van der Waals surface area (Å²) in [6, 6.07) is 7.76. The molecule has 106 valence electrons. The maximum atomic E-state index is 11.8. The van der Waals surface area contributed by atoms with E-state index >= 15 is 0 Å². The molecule has 0 aliphatic carbocycles. The van der Waals surface area contributed by atoms with Gasteiger partial charge < -0.3 is 4.74 Å². The van der Waals surface area contributed by atoms with E-state index in [1.165, 1.54) is 0 Å². The Morgan fingerprint density at radius 3 is 2.65 bits per heavy atom. The molecule has 4 heteroatoms. The van der Waals surface area contributed by atoms with Crippen LogP contribution in [-0.4, -0.2) is 22.2 Å². The third-order valence-electron chi connectivity index (χ3n) is 3.02. The van der Waals surface area contributed by atoms with Crippen molar-refractivity contribution in [2.75, 3.05) is 6.61 Å². The van der Waals surface area contributed by atoms with Crippen LogP contribution < -0.4 is 4.74 Å². The van der Waals surface area contributed by atoms with Gasteiger partial charge in [-0.1, -0.05) is 32.0 Å². The molecule has 2 rings (SSSR count). The van der Waals surface area contributed by atoms with E-state index in [9.17, 15) is 4.79 Å². The molecule has 1 aromatic carbocycles. The maximum absolute atomic E-state index is 11.8. The van der Waals surface area contributed by atoms with Crippen LogP contribution in [0, 0.1) is 5.92 Å². The van der Waals surface area contributed by atoms with E-state index in [2.05, 4.69) is 18.9 Å². The molecule has 0 bridgehead atoms. The van der Waals surface area contributed by atoms with Crippen LogP contribution in [0.15, 0.2) is 30.5 Å². The summed E-state index contributed by atoms with van der Waals surface area (Å²) < 4.78 is 7.46. The Morgan fingerprint density at radius 2 is 2.00 bits per heavy atom. The second-order valence-corrected chi connectivity index (χ2v) is 5.29. The highest BCUT2D eigenvalue weighted by Gasteiger charge is 2.17. The average molecular weight is 272 g/mol. The number of rotatable bonds is 5. The number of carbonyl (C=O) groups excluding carboxylic acids is 1. The van der Waals surface area contributed by atoms with Gasteiger partial charge in [-0.3, -0.25) is 9.48 Å². The van der Waals surface area contributed by atoms with Gasteiger partial charge in [0, 0.05) is 25.1 Å². The molecule has 2 aromatic rings. The predicted molar refractivity (Wildman–Crippen MR) is 79.0 cm³/mol. The van der Waals surface area contributed by atoms with Crippen molar-refractivity contribution < 1.29 is 9.53 Å². The van der Waals surface area contributed by atoms with E-state index in [0.29, 0.717) is 18.2 Å². The zero-order chi connectivity index (χ0) is 14.7. The Hall–Kier alpha value is -2.10. The van der Waals surface area contributed by atoms with E-state index in [0.717, 1.165) is 16.9 Å². The first-order valence-electron chi connectivity index (χ1n) is 6.75. The van der Waals surface area contributed by atoms with E-state index in [1.54, 1.807) is 24.9 Å². The minimum Gasteiger partial charge on any atom is -0.493 e. The SMILES string of the molecule is CC(=O)c1c(-c2ccccc2OCC(C)C)cnn1C. The Balaban J connectivity index is 2.45. The Labute approximate surface area is 119 Å². The van der Waals surface area contributed by atoms with Gasteiger partial charge in [0.2, 0.25) is 0 Å². The van der Waals surface area contributed by atoms with Gasteiger partial charge >= 0.3 is 0 Å². The topological polar surface area (TPSA) is 44.1 Å². The van der Waals surface area contributed by atoms with Crippen LogP contribution in [0.3, 0.4) is 0 Å². The summed E-state index contributed by atoms with van der Waals surface area (Å²) in [4.78, 5) is 11.8. The number of aromatic nitrogens is 2. The molecular weight excluding hydrogens is 252 g/mol. The Bertz CT molecular complexity index is 615. The highest BCUT2D eigenvalue weighted by molar-refractivity contribution is 5.99. The summed E-state index contributed by atoms with van der Waals surface area (Å²) in [7, 11) is 1.78. The normalized spacial score (nSPS) is 10.8. The predicted octanol–water partition coefficient (Wildman–Crippen LogP) is 3.32. The molecule has 4 nitrogen and oxygen atoms in total. The molecule has 0 spiro atoms. The van der Waals surface area contributed by atoms with Gasteiger partial charge in [0.1, 0.15) is 11.4 Å². The highest BCUT2D eigenvalue weighted by Crippen LogP contribution is 2.32. The molecule has 0 aliphatic heterocycles. The monoisotopic (exact) mass is 272 g/mol. The second-order valence-electron chi connectivity index (χ2n) is 5.29. The van der Waals surface area contributed by atoms with Crippen molar-refractivity contribution in [1.29, 1.82) is 0 Å². The molecule has 1 aromatic heterocycles. The molecule has 0 atom stereocenters. The lowest BCUT2D eigenvalue weighted by Crippen LogP contribution is -2.07. The van der Waals surface area contributed by atoms with Crippen molar-refractivity contribution in [3.8, 4) is 16.9 Å². The smallest absolute Gasteiger partial charge is 0.178 e. The molecule has 20 heavy (non-hydrogen) atoms. The maximum Gasteiger partial charge on any atom is 0.178 e. The molecule has 0 aliphatic rings. The summed E-state index contributed by atoms with van der Waals surface area (Å²) in [6.07, 6.45) is 1.72. The fraction of sp³-hybridized carbons (Fsp3) is 0.375. The quantitative estimate of drug-likeness (QED) is 0.784. The van der Waals surface area contributed by atoms with Crippen LogP contribution in [-0.2, 0) is 7.05 Å². The van der Waals surface area contributed by atoms with Gasteiger partial charge in [-0.25, -0.2) is 0 Å². The number of ketones is 1. The Kier molecular flexibility index (Phi) is 4.23. The molecule has 0 saturated carbocycles. The van der Waals surface area contributed by atoms with Crippen molar-refractivity contribution in [3.63, 3.8) is 0 Å². The van der Waals surface area contributed by atoms with Gasteiger partial charge in [-0.05, 0) is 12.0 Å². The number of carbonyl (C=O) groups is 1. The fourth-order valence-corrected chi connectivity index (χ4v) is 2.12. The summed E-state index contributed by atoms with van der Waals surface area (Å²) >= 11 is 0. The summed E-state index contributed by atoms with van der Waals surface area (Å²) in [5, 5.41) is 4.19. The van der Waals surface area contributed by atoms with Crippen molar-refractivity contribution in [1.82, 2.24) is 9.78 Å². The number of nitrogens with zero attached hydrogens (tertiary/aromatic N) is 2. The standard InChI is InChI=1S/C16H20N2O2/c1-11(2)10-20-15-8-6-5-7-13(15)14-9-17-18(4)16(14)12(3)19/h5-9,11H,10H2,1-4H3. The van der Waals surface area contributed by atoms with Crippen LogP contribution in [0.5, 0.6) is 5.75 Å². The van der Waals surface area contributed by atoms with Crippen molar-refractivity contribution in [2.24, 2.45) is 13.0 Å². The number of ether oxygens (including phenoxy) is 1. The third-order valence-corrected chi connectivity index (χ3v) is 3.02. The summed E-state index contributed by atoms with van der Waals surface area (Å²) in [6.45, 7) is 6.41. The first kappa shape index (κ1) is 14.3. The lowest BCUT2D eigenvalue weighted by atomic mass is 10.0. The zero-order valence-corrected chi connectivity index (χ0v) is 12.4. The summed E-state index contributed by atoms with van der Waals surface area (Å²) in [5.74, 6) is 1.24. The van der Waals surface area contributed by atoms with E-state index in [1.807, 2.05) is 24.3 Å².